The van der Waals surface area contributed by atoms with Crippen LogP contribution in [0.5, 0.6) is 0 Å². The van der Waals surface area contributed by atoms with Gasteiger partial charge in [0.25, 0.3) is 0 Å². The van der Waals surface area contributed by atoms with Gasteiger partial charge in [0.1, 0.15) is 0 Å². The molecule has 0 bridgehead atoms. The van der Waals surface area contributed by atoms with Crippen LogP contribution in [-0.4, -0.2) is 22.6 Å². The third-order valence-electron chi connectivity index (χ3n) is 2.24. The number of hydrogen-bond acceptors (Lipinski definition) is 5. The highest BCUT2D eigenvalue weighted by Crippen LogP contribution is 2.28. The van der Waals surface area contributed by atoms with Crippen molar-refractivity contribution in [2.45, 2.75) is 25.8 Å². The molecule has 1 heterocycles. The first-order chi connectivity index (χ1) is 7.29. The van der Waals surface area contributed by atoms with Gasteiger partial charge in [-0.05, 0) is 19.4 Å². The van der Waals surface area contributed by atoms with Gasteiger partial charge in [-0.15, -0.1) is 0 Å². The maximum absolute atomic E-state index is 11.3. The van der Waals surface area contributed by atoms with E-state index in [1.807, 2.05) is 0 Å². The first-order valence-electron chi connectivity index (χ1n) is 5.09. The zero-order valence-electron chi connectivity index (χ0n) is 8.40. The monoisotopic (exact) mass is 210 g/mol. The maximum atomic E-state index is 11.3. The Morgan fingerprint density at radius 2 is 2.40 bits per heavy atom. The third kappa shape index (κ3) is 2.76. The minimum atomic E-state index is 0.0774. The van der Waals surface area contributed by atoms with Gasteiger partial charge >= 0.3 is 0 Å². The molecule has 0 unspecified atom stereocenters. The highest BCUT2D eigenvalue weighted by atomic mass is 16.5. The van der Waals surface area contributed by atoms with Gasteiger partial charge in [-0.25, -0.2) is 0 Å². The van der Waals surface area contributed by atoms with Gasteiger partial charge < -0.3 is 15.6 Å². The van der Waals surface area contributed by atoms with E-state index < -0.39 is 0 Å². The standard InChI is InChI=1S/C9H14N4O2/c10-4-3-7-12-8(15-13-7)5-11-9(14)6-1-2-6/h6H,1-5,10H2,(H,11,14). The molecule has 0 atom stereocenters. The van der Waals surface area contributed by atoms with Crippen LogP contribution >= 0.6 is 0 Å². The molecule has 1 fully saturated rings. The molecule has 1 aromatic rings. The van der Waals surface area contributed by atoms with E-state index in [9.17, 15) is 4.79 Å². The fourth-order valence-corrected chi connectivity index (χ4v) is 1.25. The number of rotatable bonds is 5. The minimum Gasteiger partial charge on any atom is -0.347 e. The van der Waals surface area contributed by atoms with Crippen LogP contribution < -0.4 is 11.1 Å². The van der Waals surface area contributed by atoms with Crippen LogP contribution in [0.3, 0.4) is 0 Å². The highest BCUT2D eigenvalue weighted by molar-refractivity contribution is 5.80. The van der Waals surface area contributed by atoms with E-state index in [-0.39, 0.29) is 11.8 Å². The number of nitrogens with two attached hydrogens (primary N) is 1. The van der Waals surface area contributed by atoms with E-state index in [4.69, 9.17) is 10.3 Å². The van der Waals surface area contributed by atoms with Crippen LogP contribution in [0.1, 0.15) is 24.6 Å². The quantitative estimate of drug-likeness (QED) is 0.689. The summed E-state index contributed by atoms with van der Waals surface area (Å²) in [4.78, 5) is 15.4. The molecular weight excluding hydrogens is 196 g/mol. The van der Waals surface area contributed by atoms with Crippen LogP contribution in [0.4, 0.5) is 0 Å². The van der Waals surface area contributed by atoms with Crippen molar-refractivity contribution in [1.29, 1.82) is 0 Å². The average Bonchev–Trinajstić information content (AvgIpc) is 2.98. The molecule has 1 aliphatic carbocycles. The van der Waals surface area contributed by atoms with Gasteiger partial charge in [0.2, 0.25) is 11.8 Å². The molecule has 2 rings (SSSR count). The molecule has 0 aromatic carbocycles. The molecule has 0 spiro atoms. The molecule has 82 valence electrons. The molecule has 0 saturated heterocycles. The molecule has 0 aliphatic heterocycles. The number of hydrogen-bond donors (Lipinski definition) is 2. The molecule has 0 radical (unpaired) electrons. The summed E-state index contributed by atoms with van der Waals surface area (Å²) in [5.41, 5.74) is 5.35. The summed E-state index contributed by atoms with van der Waals surface area (Å²) in [6.07, 6.45) is 2.59. The Morgan fingerprint density at radius 1 is 1.60 bits per heavy atom. The molecule has 15 heavy (non-hydrogen) atoms. The first-order valence-corrected chi connectivity index (χ1v) is 5.09. The van der Waals surface area contributed by atoms with E-state index in [1.165, 1.54) is 0 Å². The smallest absolute Gasteiger partial charge is 0.246 e. The number of aromatic nitrogens is 2. The Bertz CT molecular complexity index is 346. The van der Waals surface area contributed by atoms with Gasteiger partial charge in [-0.1, -0.05) is 5.16 Å². The Morgan fingerprint density at radius 3 is 3.07 bits per heavy atom. The number of nitrogens with zero attached hydrogens (tertiary/aromatic N) is 2. The predicted octanol–water partition coefficient (Wildman–Crippen LogP) is -0.403. The molecular formula is C9H14N4O2. The van der Waals surface area contributed by atoms with Crippen LogP contribution in [-0.2, 0) is 17.8 Å². The Hall–Kier alpha value is -1.43. The Kier molecular flexibility index (Phi) is 2.96. The SMILES string of the molecule is NCCc1noc(CNC(=O)C2CC2)n1. The summed E-state index contributed by atoms with van der Waals surface area (Å²) in [6, 6.07) is 0. The number of carbonyl (C=O) groups is 1. The van der Waals surface area contributed by atoms with Crippen molar-refractivity contribution >= 4 is 5.91 Å². The zero-order valence-corrected chi connectivity index (χ0v) is 8.40. The lowest BCUT2D eigenvalue weighted by Gasteiger charge is -1.98. The summed E-state index contributed by atoms with van der Waals surface area (Å²) in [7, 11) is 0. The summed E-state index contributed by atoms with van der Waals surface area (Å²) < 4.78 is 4.94. The topological polar surface area (TPSA) is 94.0 Å². The highest BCUT2D eigenvalue weighted by Gasteiger charge is 2.29. The van der Waals surface area contributed by atoms with E-state index >= 15 is 0 Å². The Labute approximate surface area is 87.2 Å². The second-order valence-corrected chi connectivity index (χ2v) is 3.64. The Balaban J connectivity index is 1.79. The second kappa shape index (κ2) is 4.39. The fourth-order valence-electron chi connectivity index (χ4n) is 1.25. The number of nitrogens with one attached hydrogen (secondary N) is 1. The van der Waals surface area contributed by atoms with Crippen LogP contribution in [0.2, 0.25) is 0 Å². The van der Waals surface area contributed by atoms with E-state index in [0.717, 1.165) is 12.8 Å². The van der Waals surface area contributed by atoms with Gasteiger partial charge in [-0.3, -0.25) is 4.79 Å². The summed E-state index contributed by atoms with van der Waals surface area (Å²) in [6.45, 7) is 0.806. The fraction of sp³-hybridized carbons (Fsp3) is 0.667. The van der Waals surface area contributed by atoms with Crippen molar-refractivity contribution < 1.29 is 9.32 Å². The molecule has 1 aliphatic rings. The van der Waals surface area contributed by atoms with Crippen LogP contribution in [0.25, 0.3) is 0 Å². The van der Waals surface area contributed by atoms with Crippen molar-refractivity contribution in [3.8, 4) is 0 Å². The molecule has 3 N–H and O–H groups in total. The summed E-state index contributed by atoms with van der Waals surface area (Å²) in [5.74, 6) is 1.31. The van der Waals surface area contributed by atoms with Gasteiger partial charge in [0.05, 0.1) is 6.54 Å². The van der Waals surface area contributed by atoms with E-state index in [0.29, 0.717) is 31.2 Å². The average molecular weight is 210 g/mol. The lowest BCUT2D eigenvalue weighted by molar-refractivity contribution is -0.122. The molecule has 1 amide bonds. The van der Waals surface area contributed by atoms with Gasteiger partial charge in [0, 0.05) is 12.3 Å². The van der Waals surface area contributed by atoms with E-state index in [2.05, 4.69) is 15.5 Å². The molecule has 1 saturated carbocycles. The van der Waals surface area contributed by atoms with Crippen molar-refractivity contribution in [3.05, 3.63) is 11.7 Å². The molecule has 6 heteroatoms. The van der Waals surface area contributed by atoms with E-state index in [1.54, 1.807) is 0 Å². The number of amides is 1. The molecule has 6 nitrogen and oxygen atoms in total. The van der Waals surface area contributed by atoms with Gasteiger partial charge in [0.15, 0.2) is 5.82 Å². The van der Waals surface area contributed by atoms with Crippen molar-refractivity contribution in [3.63, 3.8) is 0 Å². The lowest BCUT2D eigenvalue weighted by atomic mass is 10.4. The minimum absolute atomic E-state index is 0.0774. The largest absolute Gasteiger partial charge is 0.347 e. The van der Waals surface area contributed by atoms with Crippen LogP contribution in [0.15, 0.2) is 4.52 Å². The number of carbonyl (C=O) groups excluding carboxylic acids is 1. The third-order valence-corrected chi connectivity index (χ3v) is 2.24. The normalized spacial score (nSPS) is 15.3. The van der Waals surface area contributed by atoms with Gasteiger partial charge in [-0.2, -0.15) is 4.98 Å². The zero-order chi connectivity index (χ0) is 10.7. The van der Waals surface area contributed by atoms with Crippen molar-refractivity contribution in [2.24, 2.45) is 11.7 Å². The second-order valence-electron chi connectivity index (χ2n) is 3.64. The van der Waals surface area contributed by atoms with Crippen molar-refractivity contribution in [1.82, 2.24) is 15.5 Å². The summed E-state index contributed by atoms with van der Waals surface area (Å²) >= 11 is 0. The summed E-state index contributed by atoms with van der Waals surface area (Å²) in [5, 5.41) is 6.48. The lowest BCUT2D eigenvalue weighted by Crippen LogP contribution is -2.24. The maximum Gasteiger partial charge on any atom is 0.246 e. The predicted molar refractivity (Wildman–Crippen MR) is 51.6 cm³/mol. The molecule has 1 aromatic heterocycles. The first kappa shape index (κ1) is 10.1. The van der Waals surface area contributed by atoms with Crippen LogP contribution in [0, 0.1) is 5.92 Å². The van der Waals surface area contributed by atoms with Crippen molar-refractivity contribution in [2.75, 3.05) is 6.54 Å².